The molecular formula is C16H24FNO2S. The lowest BCUT2D eigenvalue weighted by Crippen LogP contribution is -2.55. The summed E-state index contributed by atoms with van der Waals surface area (Å²) in [6.45, 7) is 6.85. The van der Waals surface area contributed by atoms with Crippen molar-refractivity contribution >= 4 is 9.84 Å². The highest BCUT2D eigenvalue weighted by atomic mass is 32.2. The van der Waals surface area contributed by atoms with E-state index in [4.69, 9.17) is 0 Å². The molecule has 118 valence electrons. The summed E-state index contributed by atoms with van der Waals surface area (Å²) in [7, 11) is -3.67. The predicted octanol–water partition coefficient (Wildman–Crippen LogP) is 3.16. The Morgan fingerprint density at radius 1 is 1.33 bits per heavy atom. The molecule has 1 aromatic carbocycles. The second kappa shape index (κ2) is 6.05. The van der Waals surface area contributed by atoms with Gasteiger partial charge in [0.1, 0.15) is 10.7 Å². The molecule has 0 bridgehead atoms. The molecule has 3 nitrogen and oxygen atoms in total. The lowest BCUT2D eigenvalue weighted by molar-refractivity contribution is 0.172. The quantitative estimate of drug-likeness (QED) is 0.929. The maximum Gasteiger partial charge on any atom is 0.185 e. The zero-order valence-electron chi connectivity index (χ0n) is 12.9. The average Bonchev–Trinajstić information content (AvgIpc) is 2.41. The first kappa shape index (κ1) is 16.4. The van der Waals surface area contributed by atoms with Gasteiger partial charge in [-0.2, -0.15) is 0 Å². The number of hydrogen-bond donors (Lipinski definition) is 1. The summed E-state index contributed by atoms with van der Waals surface area (Å²) in [6, 6.07) is 5.52. The van der Waals surface area contributed by atoms with E-state index in [-0.39, 0.29) is 16.4 Å². The van der Waals surface area contributed by atoms with Gasteiger partial charge in [0.25, 0.3) is 0 Å². The summed E-state index contributed by atoms with van der Waals surface area (Å²) in [5.74, 6) is -0.656. The zero-order chi connectivity index (χ0) is 15.7. The van der Waals surface area contributed by atoms with Crippen LogP contribution in [-0.2, 0) is 9.84 Å². The fraction of sp³-hybridized carbons (Fsp3) is 0.625. The molecule has 1 aliphatic rings. The van der Waals surface area contributed by atoms with Crippen LogP contribution in [0.5, 0.6) is 0 Å². The molecule has 0 amide bonds. The predicted molar refractivity (Wildman–Crippen MR) is 82.5 cm³/mol. The Kier molecular flexibility index (Phi) is 4.73. The molecule has 1 aliphatic carbocycles. The molecule has 1 aromatic rings. The van der Waals surface area contributed by atoms with Crippen molar-refractivity contribution < 1.29 is 12.8 Å². The summed E-state index contributed by atoms with van der Waals surface area (Å²) in [5, 5.41) is 2.75. The van der Waals surface area contributed by atoms with E-state index in [2.05, 4.69) is 19.2 Å². The van der Waals surface area contributed by atoms with Gasteiger partial charge in [-0.15, -0.1) is 0 Å². The van der Waals surface area contributed by atoms with Gasteiger partial charge in [-0.3, -0.25) is 0 Å². The van der Waals surface area contributed by atoms with Gasteiger partial charge in [0, 0.05) is 6.04 Å². The molecule has 0 aromatic heterocycles. The zero-order valence-corrected chi connectivity index (χ0v) is 13.7. The Morgan fingerprint density at radius 3 is 2.62 bits per heavy atom. The number of rotatable bonds is 4. The van der Waals surface area contributed by atoms with Crippen LogP contribution in [0, 0.1) is 11.2 Å². The Labute approximate surface area is 126 Å². The van der Waals surface area contributed by atoms with E-state index >= 15 is 0 Å². The summed E-state index contributed by atoms with van der Waals surface area (Å²) < 4.78 is 39.7. The Morgan fingerprint density at radius 2 is 2.00 bits per heavy atom. The summed E-state index contributed by atoms with van der Waals surface area (Å²) in [6.07, 6.45) is 2.42. The maximum atomic E-state index is 13.9. The third kappa shape index (κ3) is 3.14. The van der Waals surface area contributed by atoms with Crippen molar-refractivity contribution in [1.82, 2.24) is 5.32 Å². The SMILES string of the molecule is CCNC1C(S(=O)(=O)c2ccccc2F)CCCC1(C)C. The first-order valence-corrected chi connectivity index (χ1v) is 9.07. The van der Waals surface area contributed by atoms with Gasteiger partial charge in [-0.05, 0) is 36.9 Å². The third-order valence-corrected chi connectivity index (χ3v) is 6.74. The lowest BCUT2D eigenvalue weighted by atomic mass is 9.73. The van der Waals surface area contributed by atoms with Crippen molar-refractivity contribution in [1.29, 1.82) is 0 Å². The highest BCUT2D eigenvalue weighted by Gasteiger charge is 2.45. The number of halogens is 1. The van der Waals surface area contributed by atoms with Gasteiger partial charge in [-0.1, -0.05) is 39.3 Å². The number of sulfone groups is 1. The number of benzene rings is 1. The van der Waals surface area contributed by atoms with E-state index in [1.54, 1.807) is 6.07 Å². The van der Waals surface area contributed by atoms with Crippen molar-refractivity contribution in [3.05, 3.63) is 30.1 Å². The van der Waals surface area contributed by atoms with Gasteiger partial charge in [-0.25, -0.2) is 12.8 Å². The van der Waals surface area contributed by atoms with Gasteiger partial charge in [0.2, 0.25) is 0 Å². The second-order valence-electron chi connectivity index (χ2n) is 6.43. The lowest BCUT2D eigenvalue weighted by Gasteiger charge is -2.44. The smallest absolute Gasteiger partial charge is 0.185 e. The van der Waals surface area contributed by atoms with Crippen LogP contribution in [-0.4, -0.2) is 26.3 Å². The molecule has 21 heavy (non-hydrogen) atoms. The van der Waals surface area contributed by atoms with Crippen molar-refractivity contribution in [2.45, 2.75) is 56.2 Å². The molecule has 1 saturated carbocycles. The van der Waals surface area contributed by atoms with Gasteiger partial charge in [0.05, 0.1) is 5.25 Å². The first-order valence-electron chi connectivity index (χ1n) is 7.52. The fourth-order valence-electron chi connectivity index (χ4n) is 3.38. The molecule has 0 aliphatic heterocycles. The van der Waals surface area contributed by atoms with E-state index < -0.39 is 20.9 Å². The largest absolute Gasteiger partial charge is 0.312 e. The van der Waals surface area contributed by atoms with Gasteiger partial charge >= 0.3 is 0 Å². The average molecular weight is 313 g/mol. The van der Waals surface area contributed by atoms with Crippen LogP contribution in [0.4, 0.5) is 4.39 Å². The molecule has 1 N–H and O–H groups in total. The second-order valence-corrected chi connectivity index (χ2v) is 8.57. The minimum absolute atomic E-state index is 0.114. The normalized spacial score (nSPS) is 25.7. The van der Waals surface area contributed by atoms with Gasteiger partial charge < -0.3 is 5.32 Å². The first-order chi connectivity index (χ1) is 9.80. The molecule has 0 radical (unpaired) electrons. The number of hydrogen-bond acceptors (Lipinski definition) is 3. The van der Waals surface area contributed by atoms with E-state index in [0.29, 0.717) is 13.0 Å². The Bertz CT molecular complexity index is 598. The molecule has 1 fully saturated rings. The van der Waals surface area contributed by atoms with E-state index in [0.717, 1.165) is 12.8 Å². The van der Waals surface area contributed by atoms with E-state index in [9.17, 15) is 12.8 Å². The fourth-order valence-corrected chi connectivity index (χ4v) is 5.62. The molecule has 0 heterocycles. The molecule has 2 rings (SSSR count). The minimum atomic E-state index is -3.67. The molecule has 0 spiro atoms. The van der Waals surface area contributed by atoms with Crippen molar-refractivity contribution in [3.8, 4) is 0 Å². The van der Waals surface area contributed by atoms with Crippen LogP contribution >= 0.6 is 0 Å². The molecular weight excluding hydrogens is 289 g/mol. The van der Waals surface area contributed by atoms with Crippen LogP contribution in [0.15, 0.2) is 29.2 Å². The molecule has 0 saturated heterocycles. The third-order valence-electron chi connectivity index (χ3n) is 4.49. The highest BCUT2D eigenvalue weighted by Crippen LogP contribution is 2.40. The van der Waals surface area contributed by atoms with Crippen LogP contribution < -0.4 is 5.32 Å². The Hall–Kier alpha value is -0.940. The van der Waals surface area contributed by atoms with Gasteiger partial charge in [0.15, 0.2) is 9.84 Å². The highest BCUT2D eigenvalue weighted by molar-refractivity contribution is 7.92. The van der Waals surface area contributed by atoms with E-state index in [1.165, 1.54) is 18.2 Å². The minimum Gasteiger partial charge on any atom is -0.312 e. The van der Waals surface area contributed by atoms with Crippen LogP contribution in [0.3, 0.4) is 0 Å². The Balaban J connectivity index is 2.44. The van der Waals surface area contributed by atoms with Crippen molar-refractivity contribution in [2.24, 2.45) is 5.41 Å². The van der Waals surface area contributed by atoms with E-state index in [1.807, 2.05) is 6.92 Å². The summed E-state index contributed by atoms with van der Waals surface area (Å²) in [5.41, 5.74) is -0.114. The monoisotopic (exact) mass is 313 g/mol. The molecule has 2 unspecified atom stereocenters. The van der Waals surface area contributed by atoms with Crippen LogP contribution in [0.2, 0.25) is 0 Å². The molecule has 5 heteroatoms. The molecule has 2 atom stereocenters. The van der Waals surface area contributed by atoms with Crippen molar-refractivity contribution in [2.75, 3.05) is 6.54 Å². The summed E-state index contributed by atoms with van der Waals surface area (Å²) in [4.78, 5) is -0.171. The van der Waals surface area contributed by atoms with Crippen LogP contribution in [0.25, 0.3) is 0 Å². The topological polar surface area (TPSA) is 46.2 Å². The maximum absolute atomic E-state index is 13.9. The standard InChI is InChI=1S/C16H24FNO2S/c1-4-18-15-14(10-7-11-16(15,2)3)21(19,20)13-9-6-5-8-12(13)17/h5-6,8-9,14-15,18H,4,7,10-11H2,1-3H3. The number of nitrogens with one attached hydrogen (secondary N) is 1. The van der Waals surface area contributed by atoms with Crippen molar-refractivity contribution in [3.63, 3.8) is 0 Å². The van der Waals surface area contributed by atoms with Crippen LogP contribution in [0.1, 0.15) is 40.0 Å². The summed E-state index contributed by atoms with van der Waals surface area (Å²) >= 11 is 0.